The molecule has 2 aliphatic rings. The molecule has 1 aromatic heterocycles. The maximum absolute atomic E-state index is 5.46. The van der Waals surface area contributed by atoms with Gasteiger partial charge in [-0.15, -0.1) is 0 Å². The molecule has 4 heteroatoms. The summed E-state index contributed by atoms with van der Waals surface area (Å²) in [5.41, 5.74) is 1.07. The van der Waals surface area contributed by atoms with Gasteiger partial charge in [0.15, 0.2) is 0 Å². The zero-order valence-corrected chi connectivity index (χ0v) is 12.3. The normalized spacial score (nSPS) is 27.1. The average Bonchev–Trinajstić information content (AvgIpc) is 3.09. The van der Waals surface area contributed by atoms with E-state index in [0.717, 1.165) is 43.1 Å². The van der Waals surface area contributed by atoms with Crippen LogP contribution in [-0.4, -0.2) is 49.3 Å². The first-order chi connectivity index (χ1) is 9.79. The Morgan fingerprint density at radius 1 is 1.35 bits per heavy atom. The maximum atomic E-state index is 5.46. The van der Waals surface area contributed by atoms with Crippen molar-refractivity contribution in [3.63, 3.8) is 0 Å². The van der Waals surface area contributed by atoms with Gasteiger partial charge in [0, 0.05) is 31.9 Å². The third-order valence-corrected chi connectivity index (χ3v) is 4.37. The van der Waals surface area contributed by atoms with E-state index in [1.165, 1.54) is 32.5 Å². The number of anilines is 1. The fraction of sp³-hybridized carbons (Fsp3) is 0.688. The molecule has 0 saturated carbocycles. The highest BCUT2D eigenvalue weighted by molar-refractivity contribution is 5.35. The molecule has 0 radical (unpaired) electrons. The predicted octanol–water partition coefficient (Wildman–Crippen LogP) is 2.16. The number of likely N-dealkylation sites (tertiary alicyclic amines) is 1. The summed E-state index contributed by atoms with van der Waals surface area (Å²) >= 11 is 0. The topological polar surface area (TPSA) is 37.4 Å². The zero-order chi connectivity index (χ0) is 13.8. The molecule has 0 bridgehead atoms. The molecule has 2 fully saturated rings. The van der Waals surface area contributed by atoms with Crippen molar-refractivity contribution in [3.8, 4) is 0 Å². The molecule has 0 aliphatic carbocycles. The van der Waals surface area contributed by atoms with E-state index in [2.05, 4.69) is 27.3 Å². The summed E-state index contributed by atoms with van der Waals surface area (Å²) in [4.78, 5) is 7.10. The largest absolute Gasteiger partial charge is 0.381 e. The van der Waals surface area contributed by atoms with Crippen LogP contribution in [0.2, 0.25) is 0 Å². The smallest absolute Gasteiger partial charge is 0.126 e. The van der Waals surface area contributed by atoms with Crippen molar-refractivity contribution >= 4 is 5.82 Å². The van der Waals surface area contributed by atoms with Crippen molar-refractivity contribution in [2.24, 2.45) is 11.8 Å². The molecule has 4 nitrogen and oxygen atoms in total. The van der Waals surface area contributed by atoms with Crippen LogP contribution in [0.4, 0.5) is 5.82 Å². The fourth-order valence-corrected chi connectivity index (χ4v) is 3.23. The molecule has 1 aromatic rings. The molecule has 0 spiro atoms. The number of rotatable bonds is 5. The monoisotopic (exact) mass is 275 g/mol. The van der Waals surface area contributed by atoms with E-state index in [9.17, 15) is 0 Å². The summed E-state index contributed by atoms with van der Waals surface area (Å²) in [6.07, 6.45) is 2.54. The van der Waals surface area contributed by atoms with Crippen molar-refractivity contribution in [2.75, 3.05) is 44.7 Å². The van der Waals surface area contributed by atoms with Crippen LogP contribution in [-0.2, 0) is 4.74 Å². The summed E-state index contributed by atoms with van der Waals surface area (Å²) in [6.45, 7) is 8.67. The Labute approximate surface area is 121 Å². The van der Waals surface area contributed by atoms with Crippen LogP contribution in [0, 0.1) is 18.8 Å². The van der Waals surface area contributed by atoms with E-state index in [-0.39, 0.29) is 0 Å². The molecule has 20 heavy (non-hydrogen) atoms. The van der Waals surface area contributed by atoms with E-state index < -0.39 is 0 Å². The van der Waals surface area contributed by atoms with Gasteiger partial charge in [0.1, 0.15) is 5.82 Å². The molecule has 3 heterocycles. The SMILES string of the molecule is Cc1cccc(NC[C@H]2CCN(C[C@@H]3CCOC3)C2)n1. The Kier molecular flexibility index (Phi) is 4.53. The van der Waals surface area contributed by atoms with Crippen molar-refractivity contribution in [3.05, 3.63) is 23.9 Å². The van der Waals surface area contributed by atoms with Gasteiger partial charge in [-0.25, -0.2) is 4.98 Å². The first-order valence-electron chi connectivity index (χ1n) is 7.77. The molecule has 1 N–H and O–H groups in total. The third-order valence-electron chi connectivity index (χ3n) is 4.37. The van der Waals surface area contributed by atoms with Crippen LogP contribution >= 0.6 is 0 Å². The highest BCUT2D eigenvalue weighted by Gasteiger charge is 2.26. The van der Waals surface area contributed by atoms with Crippen molar-refractivity contribution in [2.45, 2.75) is 19.8 Å². The predicted molar refractivity (Wildman–Crippen MR) is 80.9 cm³/mol. The van der Waals surface area contributed by atoms with E-state index in [1.807, 2.05) is 13.0 Å². The second-order valence-electron chi connectivity index (χ2n) is 6.19. The lowest BCUT2D eigenvalue weighted by Gasteiger charge is -2.19. The number of pyridine rings is 1. The number of aromatic nitrogens is 1. The molecular weight excluding hydrogens is 250 g/mol. The summed E-state index contributed by atoms with van der Waals surface area (Å²) in [6, 6.07) is 6.15. The number of hydrogen-bond donors (Lipinski definition) is 1. The van der Waals surface area contributed by atoms with E-state index >= 15 is 0 Å². The standard InChI is InChI=1S/C16H25N3O/c1-13-3-2-4-16(18-13)17-9-14-5-7-19(10-14)11-15-6-8-20-12-15/h2-4,14-15H,5-12H2,1H3,(H,17,18)/t14-,15+/m1/s1. The Hall–Kier alpha value is -1.13. The van der Waals surface area contributed by atoms with Gasteiger partial charge in [0.25, 0.3) is 0 Å². The van der Waals surface area contributed by atoms with Crippen LogP contribution < -0.4 is 5.32 Å². The average molecular weight is 275 g/mol. The first kappa shape index (κ1) is 13.8. The van der Waals surface area contributed by atoms with Gasteiger partial charge in [-0.2, -0.15) is 0 Å². The second-order valence-corrected chi connectivity index (χ2v) is 6.19. The van der Waals surface area contributed by atoms with Crippen LogP contribution in [0.15, 0.2) is 18.2 Å². The second kappa shape index (κ2) is 6.55. The van der Waals surface area contributed by atoms with Crippen molar-refractivity contribution in [1.82, 2.24) is 9.88 Å². The molecule has 0 unspecified atom stereocenters. The molecule has 3 rings (SSSR count). The summed E-state index contributed by atoms with van der Waals surface area (Å²) in [5.74, 6) is 2.52. The number of nitrogens with zero attached hydrogens (tertiary/aromatic N) is 2. The number of nitrogens with one attached hydrogen (secondary N) is 1. The Morgan fingerprint density at radius 3 is 3.10 bits per heavy atom. The van der Waals surface area contributed by atoms with Crippen molar-refractivity contribution < 1.29 is 4.74 Å². The Balaban J connectivity index is 1.41. The highest BCUT2D eigenvalue weighted by Crippen LogP contribution is 2.21. The number of aryl methyl sites for hydroxylation is 1. The van der Waals surface area contributed by atoms with Crippen LogP contribution in [0.3, 0.4) is 0 Å². The minimum absolute atomic E-state index is 0.750. The van der Waals surface area contributed by atoms with Gasteiger partial charge in [-0.05, 0) is 50.3 Å². The third kappa shape index (κ3) is 3.70. The van der Waals surface area contributed by atoms with Crippen LogP contribution in [0.5, 0.6) is 0 Å². The Morgan fingerprint density at radius 2 is 2.30 bits per heavy atom. The Bertz CT molecular complexity index is 431. The minimum atomic E-state index is 0.750. The molecule has 2 saturated heterocycles. The fourth-order valence-electron chi connectivity index (χ4n) is 3.23. The summed E-state index contributed by atoms with van der Waals surface area (Å²) in [7, 11) is 0. The van der Waals surface area contributed by atoms with E-state index in [0.29, 0.717) is 0 Å². The van der Waals surface area contributed by atoms with Crippen LogP contribution in [0.25, 0.3) is 0 Å². The van der Waals surface area contributed by atoms with Gasteiger partial charge < -0.3 is 15.0 Å². The molecule has 2 aliphatic heterocycles. The first-order valence-corrected chi connectivity index (χ1v) is 7.77. The van der Waals surface area contributed by atoms with Gasteiger partial charge in [-0.3, -0.25) is 0 Å². The summed E-state index contributed by atoms with van der Waals surface area (Å²) < 4.78 is 5.46. The highest BCUT2D eigenvalue weighted by atomic mass is 16.5. The lowest BCUT2D eigenvalue weighted by Crippen LogP contribution is -2.28. The molecule has 0 amide bonds. The minimum Gasteiger partial charge on any atom is -0.381 e. The van der Waals surface area contributed by atoms with Gasteiger partial charge in [-0.1, -0.05) is 6.07 Å². The maximum Gasteiger partial charge on any atom is 0.126 e. The summed E-state index contributed by atoms with van der Waals surface area (Å²) in [5, 5.41) is 3.48. The van der Waals surface area contributed by atoms with Gasteiger partial charge in [0.05, 0.1) is 6.61 Å². The lowest BCUT2D eigenvalue weighted by atomic mass is 10.1. The van der Waals surface area contributed by atoms with Crippen LogP contribution in [0.1, 0.15) is 18.5 Å². The van der Waals surface area contributed by atoms with Gasteiger partial charge in [0.2, 0.25) is 0 Å². The number of hydrogen-bond acceptors (Lipinski definition) is 4. The zero-order valence-electron chi connectivity index (χ0n) is 12.3. The molecule has 0 aromatic carbocycles. The quantitative estimate of drug-likeness (QED) is 0.893. The molecule has 110 valence electrons. The molecule has 2 atom stereocenters. The van der Waals surface area contributed by atoms with E-state index in [4.69, 9.17) is 4.74 Å². The van der Waals surface area contributed by atoms with Gasteiger partial charge >= 0.3 is 0 Å². The number of ether oxygens (including phenoxy) is 1. The lowest BCUT2D eigenvalue weighted by molar-refractivity contribution is 0.173. The molecular formula is C16H25N3O. The van der Waals surface area contributed by atoms with E-state index in [1.54, 1.807) is 0 Å². The van der Waals surface area contributed by atoms with Crippen molar-refractivity contribution in [1.29, 1.82) is 0 Å².